The summed E-state index contributed by atoms with van der Waals surface area (Å²) in [6, 6.07) is 2.59. The summed E-state index contributed by atoms with van der Waals surface area (Å²) in [5, 5.41) is 5.43. The second kappa shape index (κ2) is 11.2. The standard InChI is InChI=1S/C23H29ClF3N5O3S/c1-28-21(33)14-10-20(35-2)19(11-16(14)24)31-22-29-12-15(23(25,26)27)18(30-22)9-13-7-5-6-8-17(13)32-36(3,4)34/h10-13,17H,3,5-9H2,1-2,4H3,(H,28,33)(H,32,34)(H,29,30,31)/t13-,17+,36?/m0/s1. The highest BCUT2D eigenvalue weighted by molar-refractivity contribution is 7.97. The van der Waals surface area contributed by atoms with Gasteiger partial charge in [-0.15, -0.1) is 0 Å². The average molecular weight is 548 g/mol. The van der Waals surface area contributed by atoms with E-state index < -0.39 is 27.4 Å². The first-order valence-electron chi connectivity index (χ1n) is 11.2. The minimum atomic E-state index is -4.65. The van der Waals surface area contributed by atoms with Crippen molar-refractivity contribution in [2.24, 2.45) is 5.92 Å². The van der Waals surface area contributed by atoms with E-state index in [1.165, 1.54) is 32.5 Å². The lowest BCUT2D eigenvalue weighted by molar-refractivity contribution is -0.138. The van der Waals surface area contributed by atoms with Gasteiger partial charge in [-0.3, -0.25) is 9.00 Å². The van der Waals surface area contributed by atoms with Gasteiger partial charge in [-0.25, -0.2) is 14.7 Å². The SMILES string of the molecule is C=S(C)(=O)N[C@@H]1CCCC[C@H]1Cc1nc(Nc2cc(Cl)c(C(=O)NC)cc2OC)ncc1C(F)(F)F. The van der Waals surface area contributed by atoms with E-state index in [1.807, 2.05) is 0 Å². The predicted molar refractivity (Wildman–Crippen MR) is 135 cm³/mol. The largest absolute Gasteiger partial charge is 0.495 e. The van der Waals surface area contributed by atoms with Crippen molar-refractivity contribution < 1.29 is 26.9 Å². The van der Waals surface area contributed by atoms with Crippen LogP contribution in [-0.4, -0.2) is 52.4 Å². The Kier molecular flexibility index (Phi) is 8.73. The highest BCUT2D eigenvalue weighted by atomic mass is 35.5. The molecule has 1 amide bonds. The Labute approximate surface area is 213 Å². The highest BCUT2D eigenvalue weighted by Crippen LogP contribution is 2.37. The number of benzene rings is 1. The molecule has 1 saturated carbocycles. The van der Waals surface area contributed by atoms with Crippen molar-refractivity contribution in [1.29, 1.82) is 0 Å². The highest BCUT2D eigenvalue weighted by Gasteiger charge is 2.37. The molecule has 3 rings (SSSR count). The van der Waals surface area contributed by atoms with Gasteiger partial charge in [0.1, 0.15) is 5.75 Å². The molecule has 1 aliphatic rings. The average Bonchev–Trinajstić information content (AvgIpc) is 2.78. The van der Waals surface area contributed by atoms with Crippen molar-refractivity contribution in [2.75, 3.05) is 25.7 Å². The van der Waals surface area contributed by atoms with Crippen LogP contribution in [0.25, 0.3) is 0 Å². The third-order valence-electron chi connectivity index (χ3n) is 5.95. The second-order valence-corrected chi connectivity index (χ2v) is 11.4. The zero-order chi connectivity index (χ0) is 26.7. The quantitative estimate of drug-likeness (QED) is 0.428. The van der Waals surface area contributed by atoms with Crippen LogP contribution in [0.1, 0.15) is 47.3 Å². The van der Waals surface area contributed by atoms with Gasteiger partial charge in [0, 0.05) is 35.2 Å². The topological polar surface area (TPSA) is 105 Å². The number of hydrogen-bond donors (Lipinski definition) is 3. The Balaban J connectivity index is 1.96. The fourth-order valence-electron chi connectivity index (χ4n) is 4.29. The molecule has 1 aliphatic carbocycles. The number of carbonyl (C=O) groups is 1. The number of rotatable bonds is 8. The molecule has 0 saturated heterocycles. The van der Waals surface area contributed by atoms with Crippen LogP contribution in [0.15, 0.2) is 18.3 Å². The number of aromatic nitrogens is 2. The normalized spacial score (nSPS) is 19.9. The van der Waals surface area contributed by atoms with Gasteiger partial charge in [-0.2, -0.15) is 13.2 Å². The van der Waals surface area contributed by atoms with Crippen molar-refractivity contribution in [3.05, 3.63) is 40.2 Å². The van der Waals surface area contributed by atoms with E-state index in [1.54, 1.807) is 0 Å². The molecule has 1 heterocycles. The van der Waals surface area contributed by atoms with E-state index in [0.717, 1.165) is 19.0 Å². The van der Waals surface area contributed by atoms with E-state index in [9.17, 15) is 22.2 Å². The Hall–Kier alpha value is -2.57. The molecule has 1 aromatic heterocycles. The van der Waals surface area contributed by atoms with Crippen molar-refractivity contribution in [1.82, 2.24) is 20.0 Å². The molecule has 198 valence electrons. The molecule has 3 atom stereocenters. The van der Waals surface area contributed by atoms with E-state index >= 15 is 0 Å². The summed E-state index contributed by atoms with van der Waals surface area (Å²) in [5.41, 5.74) is -0.646. The molecule has 8 nitrogen and oxygen atoms in total. The predicted octanol–water partition coefficient (Wildman–Crippen LogP) is 4.21. The lowest BCUT2D eigenvalue weighted by atomic mass is 9.81. The molecule has 1 aromatic carbocycles. The molecule has 1 fully saturated rings. The molecule has 13 heteroatoms. The molecular weight excluding hydrogens is 519 g/mol. The Bertz CT molecular complexity index is 1220. The number of nitrogens with one attached hydrogen (secondary N) is 3. The second-order valence-electron chi connectivity index (χ2n) is 8.77. The van der Waals surface area contributed by atoms with Crippen LogP contribution in [0.3, 0.4) is 0 Å². The van der Waals surface area contributed by atoms with Gasteiger partial charge in [0.05, 0.1) is 34.6 Å². The van der Waals surface area contributed by atoms with Gasteiger partial charge in [0.25, 0.3) is 5.91 Å². The number of amides is 1. The van der Waals surface area contributed by atoms with Crippen molar-refractivity contribution in [3.63, 3.8) is 0 Å². The van der Waals surface area contributed by atoms with E-state index in [0.29, 0.717) is 12.8 Å². The first kappa shape index (κ1) is 28.0. The van der Waals surface area contributed by atoms with E-state index in [4.69, 9.17) is 16.3 Å². The minimum absolute atomic E-state index is 0.0206. The van der Waals surface area contributed by atoms with Crippen LogP contribution >= 0.6 is 11.6 Å². The molecule has 2 aromatic rings. The number of alkyl halides is 3. The number of methoxy groups -OCH3 is 1. The molecular formula is C23H29ClF3N5O3S. The van der Waals surface area contributed by atoms with Gasteiger partial charge in [-0.05, 0) is 43.2 Å². The maximum absolute atomic E-state index is 13.8. The summed E-state index contributed by atoms with van der Waals surface area (Å²) < 4.78 is 62.0. The first-order valence-corrected chi connectivity index (χ1v) is 13.7. The monoisotopic (exact) mass is 547 g/mol. The van der Waals surface area contributed by atoms with Crippen LogP contribution < -0.4 is 20.1 Å². The molecule has 0 aliphatic heterocycles. The summed E-state index contributed by atoms with van der Waals surface area (Å²) in [4.78, 5) is 20.1. The number of halogens is 4. The van der Waals surface area contributed by atoms with Crippen molar-refractivity contribution >= 4 is 44.7 Å². The van der Waals surface area contributed by atoms with Gasteiger partial charge in [-0.1, -0.05) is 24.4 Å². The van der Waals surface area contributed by atoms with Crippen LogP contribution in [0.4, 0.5) is 24.8 Å². The third kappa shape index (κ3) is 7.01. The van der Waals surface area contributed by atoms with E-state index in [-0.39, 0.29) is 52.0 Å². The van der Waals surface area contributed by atoms with E-state index in [2.05, 4.69) is 31.2 Å². The summed E-state index contributed by atoms with van der Waals surface area (Å²) in [7, 11) is 0.304. The van der Waals surface area contributed by atoms with Gasteiger partial charge in [0.2, 0.25) is 5.95 Å². The Morgan fingerprint density at radius 1 is 1.31 bits per heavy atom. The maximum atomic E-state index is 13.8. The Morgan fingerprint density at radius 2 is 2.00 bits per heavy atom. The maximum Gasteiger partial charge on any atom is 0.419 e. The number of ether oxygens (including phenoxy) is 1. The molecule has 0 radical (unpaired) electrons. The fourth-order valence-corrected chi connectivity index (χ4v) is 5.49. The summed E-state index contributed by atoms with van der Waals surface area (Å²) in [6.07, 6.45) is 0.694. The van der Waals surface area contributed by atoms with Crippen molar-refractivity contribution in [2.45, 2.75) is 44.3 Å². The molecule has 0 spiro atoms. The number of nitrogens with zero attached hydrogens (tertiary/aromatic N) is 2. The number of hydrogen-bond acceptors (Lipinski definition) is 6. The fraction of sp³-hybridized carbons (Fsp3) is 0.478. The summed E-state index contributed by atoms with van der Waals surface area (Å²) in [6.45, 7) is 0. The Morgan fingerprint density at radius 3 is 2.61 bits per heavy atom. The number of anilines is 2. The molecule has 1 unspecified atom stereocenters. The lowest BCUT2D eigenvalue weighted by Gasteiger charge is -2.33. The van der Waals surface area contributed by atoms with Gasteiger partial charge < -0.3 is 15.4 Å². The number of carbonyl (C=O) groups excluding carboxylic acids is 1. The van der Waals surface area contributed by atoms with Crippen molar-refractivity contribution in [3.8, 4) is 5.75 Å². The van der Waals surface area contributed by atoms with Crippen LogP contribution in [0.5, 0.6) is 5.75 Å². The lowest BCUT2D eigenvalue weighted by Crippen LogP contribution is -2.42. The molecule has 36 heavy (non-hydrogen) atoms. The summed E-state index contributed by atoms with van der Waals surface area (Å²) in [5.74, 6) is 3.13. The first-order chi connectivity index (χ1) is 16.8. The molecule has 3 N–H and O–H groups in total. The third-order valence-corrected chi connectivity index (χ3v) is 7.06. The van der Waals surface area contributed by atoms with Crippen LogP contribution in [-0.2, 0) is 22.3 Å². The smallest absolute Gasteiger partial charge is 0.419 e. The minimum Gasteiger partial charge on any atom is -0.495 e. The molecule has 0 bridgehead atoms. The summed E-state index contributed by atoms with van der Waals surface area (Å²) >= 11 is 6.23. The van der Waals surface area contributed by atoms with Crippen LogP contribution in [0.2, 0.25) is 5.02 Å². The van der Waals surface area contributed by atoms with Crippen LogP contribution in [0, 0.1) is 5.92 Å². The zero-order valence-corrected chi connectivity index (χ0v) is 21.7. The van der Waals surface area contributed by atoms with Gasteiger partial charge in [0.15, 0.2) is 0 Å². The van der Waals surface area contributed by atoms with Gasteiger partial charge >= 0.3 is 6.18 Å². The zero-order valence-electron chi connectivity index (χ0n) is 20.2.